The first-order chi connectivity index (χ1) is 5.47. The van der Waals surface area contributed by atoms with E-state index in [4.69, 9.17) is 4.65 Å². The van der Waals surface area contributed by atoms with Crippen molar-refractivity contribution in [3.05, 3.63) is 24.3 Å². The molecule has 2 heteroatoms. The van der Waals surface area contributed by atoms with E-state index in [2.05, 4.69) is 24.3 Å². The zero-order chi connectivity index (χ0) is 7.52. The predicted molar refractivity (Wildman–Crippen MR) is 47.7 cm³/mol. The first-order valence-corrected chi connectivity index (χ1v) is 4.13. The molecular formula is C9H11BO. The third-order valence-corrected chi connectivity index (χ3v) is 2.17. The van der Waals surface area contributed by atoms with Crippen molar-refractivity contribution in [2.75, 3.05) is 6.61 Å². The molecule has 1 nitrogen and oxygen atoms in total. The van der Waals surface area contributed by atoms with Crippen LogP contribution < -0.4 is 0 Å². The van der Waals surface area contributed by atoms with Gasteiger partial charge in [0.15, 0.2) is 0 Å². The summed E-state index contributed by atoms with van der Waals surface area (Å²) < 4.78 is 5.32. The van der Waals surface area contributed by atoms with E-state index in [-0.39, 0.29) is 0 Å². The van der Waals surface area contributed by atoms with Crippen LogP contribution in [0.25, 0.3) is 0 Å². The molecule has 0 fully saturated rings. The van der Waals surface area contributed by atoms with Crippen molar-refractivity contribution in [1.82, 2.24) is 0 Å². The molecule has 0 saturated carbocycles. The molecule has 1 aliphatic carbocycles. The first-order valence-electron chi connectivity index (χ1n) is 4.13. The van der Waals surface area contributed by atoms with Gasteiger partial charge < -0.3 is 0 Å². The van der Waals surface area contributed by atoms with Crippen LogP contribution in [0.4, 0.5) is 0 Å². The SMILES string of the molecule is B1=C2C=CC=CC2CCCO1. The van der Waals surface area contributed by atoms with Gasteiger partial charge in [-0.25, -0.2) is 0 Å². The molecule has 56 valence electrons. The molecule has 11 heavy (non-hydrogen) atoms. The quantitative estimate of drug-likeness (QED) is 0.468. The summed E-state index contributed by atoms with van der Waals surface area (Å²) in [6, 6.07) is 0. The summed E-state index contributed by atoms with van der Waals surface area (Å²) >= 11 is 0. The van der Waals surface area contributed by atoms with Gasteiger partial charge in [-0.3, -0.25) is 0 Å². The van der Waals surface area contributed by atoms with Crippen LogP contribution in [-0.2, 0) is 4.65 Å². The third-order valence-electron chi connectivity index (χ3n) is 2.17. The third kappa shape index (κ3) is 1.45. The maximum atomic E-state index is 5.32. The van der Waals surface area contributed by atoms with E-state index < -0.39 is 0 Å². The van der Waals surface area contributed by atoms with E-state index in [1.807, 2.05) is 7.12 Å². The van der Waals surface area contributed by atoms with Crippen LogP contribution in [-0.4, -0.2) is 19.2 Å². The summed E-state index contributed by atoms with van der Waals surface area (Å²) in [7, 11) is 1.90. The number of hydrogen-bond acceptors (Lipinski definition) is 1. The molecule has 0 radical (unpaired) electrons. The summed E-state index contributed by atoms with van der Waals surface area (Å²) in [5.74, 6) is 0.613. The Morgan fingerprint density at radius 2 is 2.45 bits per heavy atom. The number of hydrogen-bond donors (Lipinski definition) is 0. The molecule has 0 aromatic rings. The molecule has 0 saturated heterocycles. The molecule has 0 aromatic heterocycles. The molecular weight excluding hydrogens is 135 g/mol. The molecule has 0 spiro atoms. The van der Waals surface area contributed by atoms with Gasteiger partial charge in [-0.2, -0.15) is 0 Å². The van der Waals surface area contributed by atoms with E-state index in [1.165, 1.54) is 18.3 Å². The summed E-state index contributed by atoms with van der Waals surface area (Å²) in [5.41, 5.74) is 1.32. The second kappa shape index (κ2) is 3.08. The van der Waals surface area contributed by atoms with Gasteiger partial charge in [0.2, 0.25) is 0 Å². The Morgan fingerprint density at radius 3 is 3.45 bits per heavy atom. The van der Waals surface area contributed by atoms with Crippen LogP contribution in [0.3, 0.4) is 0 Å². The van der Waals surface area contributed by atoms with Crippen LogP contribution in [0.1, 0.15) is 12.8 Å². The summed E-state index contributed by atoms with van der Waals surface area (Å²) in [6.07, 6.45) is 11.0. The van der Waals surface area contributed by atoms with Crippen molar-refractivity contribution in [3.8, 4) is 0 Å². The van der Waals surface area contributed by atoms with Gasteiger partial charge in [-0.15, -0.1) is 0 Å². The second-order valence-electron chi connectivity index (χ2n) is 2.98. The second-order valence-corrected chi connectivity index (χ2v) is 2.98. The van der Waals surface area contributed by atoms with Crippen LogP contribution >= 0.6 is 0 Å². The van der Waals surface area contributed by atoms with E-state index >= 15 is 0 Å². The fraction of sp³-hybridized carbons (Fsp3) is 0.444. The van der Waals surface area contributed by atoms with Gasteiger partial charge in [0, 0.05) is 0 Å². The van der Waals surface area contributed by atoms with Crippen LogP contribution in [0, 0.1) is 5.92 Å². The van der Waals surface area contributed by atoms with Gasteiger partial charge in [0.05, 0.1) is 0 Å². The molecule has 2 aliphatic rings. The molecule has 0 bridgehead atoms. The van der Waals surface area contributed by atoms with E-state index in [0.717, 1.165) is 6.61 Å². The normalized spacial score (nSPS) is 27.6. The van der Waals surface area contributed by atoms with Crippen molar-refractivity contribution in [2.24, 2.45) is 5.92 Å². The van der Waals surface area contributed by atoms with Gasteiger partial charge >= 0.3 is 66.9 Å². The molecule has 0 N–H and O–H groups in total. The average molecular weight is 146 g/mol. The minimum atomic E-state index is 0.613. The van der Waals surface area contributed by atoms with Crippen molar-refractivity contribution in [1.29, 1.82) is 0 Å². The first kappa shape index (κ1) is 6.90. The summed E-state index contributed by atoms with van der Waals surface area (Å²) in [4.78, 5) is 0. The zero-order valence-electron chi connectivity index (χ0n) is 6.49. The standard InChI is InChI=1S/C9H11BO/c1-2-6-9-8(4-1)5-3-7-11-10-9/h1-2,4,6,8H,3,5,7H2. The Bertz CT molecular complexity index is 228. The van der Waals surface area contributed by atoms with Crippen molar-refractivity contribution >= 4 is 12.6 Å². The van der Waals surface area contributed by atoms with Crippen molar-refractivity contribution in [3.63, 3.8) is 0 Å². The van der Waals surface area contributed by atoms with Crippen molar-refractivity contribution < 1.29 is 4.65 Å². The van der Waals surface area contributed by atoms with Gasteiger partial charge in [0.25, 0.3) is 0 Å². The van der Waals surface area contributed by atoms with E-state index in [0.29, 0.717) is 5.92 Å². The van der Waals surface area contributed by atoms with Crippen LogP contribution in [0.15, 0.2) is 24.3 Å². The minimum absolute atomic E-state index is 0.613. The predicted octanol–water partition coefficient (Wildman–Crippen LogP) is 1.33. The zero-order valence-corrected chi connectivity index (χ0v) is 6.49. The Balaban J connectivity index is 2.21. The van der Waals surface area contributed by atoms with Crippen molar-refractivity contribution in [2.45, 2.75) is 12.8 Å². The Kier molecular flexibility index (Phi) is 1.93. The fourth-order valence-electron chi connectivity index (χ4n) is 1.53. The monoisotopic (exact) mass is 146 g/mol. The van der Waals surface area contributed by atoms with Gasteiger partial charge in [-0.1, -0.05) is 0 Å². The average Bonchev–Trinajstić information content (AvgIpc) is 2.28. The topological polar surface area (TPSA) is 9.23 Å². The Hall–Kier alpha value is -0.785. The van der Waals surface area contributed by atoms with Gasteiger partial charge in [-0.05, 0) is 0 Å². The summed E-state index contributed by atoms with van der Waals surface area (Å²) in [5, 5.41) is 0. The molecule has 1 unspecified atom stereocenters. The Morgan fingerprint density at radius 1 is 1.45 bits per heavy atom. The fourth-order valence-corrected chi connectivity index (χ4v) is 1.53. The number of rotatable bonds is 0. The van der Waals surface area contributed by atoms with Gasteiger partial charge in [0.1, 0.15) is 0 Å². The molecule has 2 rings (SSSR count). The number of fused-ring (bicyclic) bond motifs is 1. The van der Waals surface area contributed by atoms with E-state index in [9.17, 15) is 0 Å². The van der Waals surface area contributed by atoms with Crippen LogP contribution in [0.5, 0.6) is 0 Å². The molecule has 0 amide bonds. The van der Waals surface area contributed by atoms with E-state index in [1.54, 1.807) is 0 Å². The molecule has 1 aliphatic heterocycles. The number of allylic oxidation sites excluding steroid dienone is 4. The molecule has 1 heterocycles. The maximum absolute atomic E-state index is 5.32. The van der Waals surface area contributed by atoms with Crippen LogP contribution in [0.2, 0.25) is 0 Å². The molecule has 1 atom stereocenters. The summed E-state index contributed by atoms with van der Waals surface area (Å²) in [6.45, 7) is 0.877. The Labute approximate surface area is 67.7 Å². The molecule has 0 aromatic carbocycles.